The maximum atomic E-state index is 14.0. The fourth-order valence-corrected chi connectivity index (χ4v) is 7.81. The summed E-state index contributed by atoms with van der Waals surface area (Å²) in [5.41, 5.74) is 0.871. The summed E-state index contributed by atoms with van der Waals surface area (Å²) < 4.78 is 14.9. The third kappa shape index (κ3) is 2.44. The van der Waals surface area contributed by atoms with Crippen molar-refractivity contribution in [1.29, 1.82) is 0 Å². The molecule has 90 valence electrons. The number of benzene rings is 1. The predicted molar refractivity (Wildman–Crippen MR) is 70.2 cm³/mol. The average molecular weight is 340 g/mol. The van der Waals surface area contributed by atoms with E-state index in [0.29, 0.717) is 6.42 Å². The molecular formula is C13H16FNOSn. The molecule has 0 radical (unpaired) electrons. The second kappa shape index (κ2) is 4.52. The first-order chi connectivity index (χ1) is 7.91. The van der Waals surface area contributed by atoms with Gasteiger partial charge >= 0.3 is 105 Å². The number of carbonyl (C=O) groups is 1. The van der Waals surface area contributed by atoms with Crippen LogP contribution in [0.15, 0.2) is 23.2 Å². The number of nitrogens with zero attached hydrogens (tertiary/aromatic N) is 1. The normalized spacial score (nSPS) is 20.0. The number of halogens is 1. The number of carbonyl (C=O) groups excluding carboxylic acids is 1. The third-order valence-corrected chi connectivity index (χ3v) is 8.82. The molecule has 1 aliphatic rings. The first-order valence-electron chi connectivity index (χ1n) is 5.76. The van der Waals surface area contributed by atoms with E-state index < -0.39 is 18.4 Å². The van der Waals surface area contributed by atoms with E-state index >= 15 is 0 Å². The van der Waals surface area contributed by atoms with Crippen LogP contribution in [-0.4, -0.2) is 30.5 Å². The van der Waals surface area contributed by atoms with Gasteiger partial charge in [-0.05, 0) is 0 Å². The molecule has 0 fully saturated rings. The molecule has 2 rings (SSSR count). The van der Waals surface area contributed by atoms with Gasteiger partial charge in [0.15, 0.2) is 0 Å². The van der Waals surface area contributed by atoms with Gasteiger partial charge in [0.1, 0.15) is 0 Å². The quantitative estimate of drug-likeness (QED) is 0.761. The molecule has 0 N–H and O–H groups in total. The Morgan fingerprint density at radius 2 is 2.06 bits per heavy atom. The van der Waals surface area contributed by atoms with Crippen molar-refractivity contribution in [2.24, 2.45) is 4.99 Å². The molecule has 0 spiro atoms. The summed E-state index contributed by atoms with van der Waals surface area (Å²) in [5.74, 6) is -0.533. The van der Waals surface area contributed by atoms with Crippen molar-refractivity contribution in [3.05, 3.63) is 29.6 Å². The average Bonchev–Trinajstić information content (AvgIpc) is 2.62. The zero-order valence-corrected chi connectivity index (χ0v) is 13.2. The van der Waals surface area contributed by atoms with E-state index in [0.717, 1.165) is 9.14 Å². The van der Waals surface area contributed by atoms with Gasteiger partial charge in [-0.25, -0.2) is 0 Å². The molecule has 1 atom stereocenters. The maximum absolute atomic E-state index is 14.0. The van der Waals surface area contributed by atoms with Gasteiger partial charge in [0.25, 0.3) is 0 Å². The number of hydrogen-bond donors (Lipinski definition) is 0. The van der Waals surface area contributed by atoms with Gasteiger partial charge in [0.05, 0.1) is 0 Å². The van der Waals surface area contributed by atoms with Gasteiger partial charge < -0.3 is 0 Å². The Morgan fingerprint density at radius 1 is 1.35 bits per heavy atom. The summed E-state index contributed by atoms with van der Waals surface area (Å²) in [6.45, 7) is 0. The molecule has 0 aromatic heterocycles. The van der Waals surface area contributed by atoms with Crippen LogP contribution in [0.4, 0.5) is 4.39 Å². The van der Waals surface area contributed by atoms with Crippen LogP contribution < -0.4 is 3.58 Å². The molecule has 1 aromatic carbocycles. The van der Waals surface area contributed by atoms with Crippen LogP contribution >= 0.6 is 0 Å². The zero-order chi connectivity index (χ0) is 12.6. The van der Waals surface area contributed by atoms with E-state index in [-0.39, 0.29) is 17.6 Å². The zero-order valence-electron chi connectivity index (χ0n) is 10.3. The van der Waals surface area contributed by atoms with Crippen LogP contribution in [0.5, 0.6) is 0 Å². The summed E-state index contributed by atoms with van der Waals surface area (Å²) in [7, 11) is 0. The van der Waals surface area contributed by atoms with Crippen LogP contribution in [0.2, 0.25) is 14.8 Å². The van der Waals surface area contributed by atoms with Gasteiger partial charge in [0.2, 0.25) is 0 Å². The second-order valence-electron chi connectivity index (χ2n) is 5.39. The van der Waals surface area contributed by atoms with E-state index in [4.69, 9.17) is 0 Å². The Bertz CT molecular complexity index is 491. The minimum absolute atomic E-state index is 0.132. The molecule has 2 nitrogen and oxygen atoms in total. The molecular weight excluding hydrogens is 324 g/mol. The minimum atomic E-state index is -2.56. The molecule has 1 aliphatic heterocycles. The standard InChI is InChI=1S/C10H7FNO.3CH3.Sn/c11-8-3-1-2-7(6-8)9-4-5-12-10(9)13;;;;/h1-3,5,9H,4H2;3*1H3;/t9-;;;;/m0..../s1. The summed E-state index contributed by atoms with van der Waals surface area (Å²) >= 11 is -2.56. The monoisotopic (exact) mass is 341 g/mol. The number of rotatable bonds is 2. The van der Waals surface area contributed by atoms with Crippen LogP contribution in [0.3, 0.4) is 0 Å². The van der Waals surface area contributed by atoms with E-state index in [1.807, 2.05) is 6.07 Å². The van der Waals surface area contributed by atoms with Crippen molar-refractivity contribution < 1.29 is 9.18 Å². The molecule has 1 amide bonds. The topological polar surface area (TPSA) is 29.4 Å². The van der Waals surface area contributed by atoms with E-state index in [1.165, 1.54) is 6.07 Å². The molecule has 0 bridgehead atoms. The van der Waals surface area contributed by atoms with E-state index in [1.54, 1.807) is 12.3 Å². The Hall–Kier alpha value is -0.711. The number of amides is 1. The summed E-state index contributed by atoms with van der Waals surface area (Å²) in [5, 5.41) is 0. The van der Waals surface area contributed by atoms with Crippen molar-refractivity contribution >= 4 is 34.1 Å². The van der Waals surface area contributed by atoms with Crippen LogP contribution in [-0.2, 0) is 4.79 Å². The van der Waals surface area contributed by atoms with Gasteiger partial charge in [-0.3, -0.25) is 0 Å². The molecule has 1 heterocycles. The molecule has 17 heavy (non-hydrogen) atoms. The first kappa shape index (κ1) is 12.7. The van der Waals surface area contributed by atoms with E-state index in [2.05, 4.69) is 19.8 Å². The number of hydrogen-bond acceptors (Lipinski definition) is 1. The Kier molecular flexibility index (Phi) is 3.38. The van der Waals surface area contributed by atoms with Crippen LogP contribution in [0.1, 0.15) is 17.9 Å². The van der Waals surface area contributed by atoms with Gasteiger partial charge in [-0.2, -0.15) is 0 Å². The van der Waals surface area contributed by atoms with Gasteiger partial charge in [-0.15, -0.1) is 0 Å². The molecule has 0 saturated heterocycles. The first-order valence-corrected chi connectivity index (χ1v) is 15.8. The Labute approximate surface area is 105 Å². The molecule has 0 aliphatic carbocycles. The van der Waals surface area contributed by atoms with Crippen molar-refractivity contribution in [3.63, 3.8) is 0 Å². The van der Waals surface area contributed by atoms with Crippen molar-refractivity contribution in [2.45, 2.75) is 27.2 Å². The third-order valence-electron chi connectivity index (χ3n) is 3.03. The van der Waals surface area contributed by atoms with Crippen molar-refractivity contribution in [1.82, 2.24) is 0 Å². The Morgan fingerprint density at radius 3 is 2.59 bits per heavy atom. The van der Waals surface area contributed by atoms with E-state index in [9.17, 15) is 9.18 Å². The fourth-order valence-electron chi connectivity index (χ4n) is 2.32. The summed E-state index contributed by atoms with van der Waals surface area (Å²) in [6, 6.07) is 5.08. The Balaban J connectivity index is 2.55. The summed E-state index contributed by atoms with van der Waals surface area (Å²) in [4.78, 5) is 21.9. The van der Waals surface area contributed by atoms with Gasteiger partial charge in [0, 0.05) is 0 Å². The van der Waals surface area contributed by atoms with Gasteiger partial charge in [-0.1, -0.05) is 0 Å². The van der Waals surface area contributed by atoms with Crippen LogP contribution in [0, 0.1) is 5.82 Å². The fraction of sp³-hybridized carbons (Fsp3) is 0.385. The SMILES string of the molecule is [CH3][Sn]([CH3])([CH3])[c]1c(F)cccc1[C@@H]1CC=NC1=O. The molecule has 0 unspecified atom stereocenters. The number of aliphatic imine (C=N–C) groups is 1. The van der Waals surface area contributed by atoms with Crippen molar-refractivity contribution in [3.8, 4) is 0 Å². The molecule has 1 aromatic rings. The molecule has 4 heteroatoms. The van der Waals surface area contributed by atoms with Crippen molar-refractivity contribution in [2.75, 3.05) is 0 Å². The summed E-state index contributed by atoms with van der Waals surface area (Å²) in [6.07, 6.45) is 2.25. The predicted octanol–water partition coefficient (Wildman–Crippen LogP) is 2.46. The molecule has 0 saturated carbocycles. The second-order valence-corrected chi connectivity index (χ2v) is 19.7. The van der Waals surface area contributed by atoms with Crippen LogP contribution in [0.25, 0.3) is 0 Å².